The van der Waals surface area contributed by atoms with Gasteiger partial charge in [0.05, 0.1) is 4.92 Å². The van der Waals surface area contributed by atoms with Crippen LogP contribution in [0.3, 0.4) is 0 Å². The number of nitro benzene ring substituents is 1. The number of benzene rings is 1. The van der Waals surface area contributed by atoms with Gasteiger partial charge in [-0.1, -0.05) is 6.92 Å². The third kappa shape index (κ3) is 3.49. The number of amides is 1. The Morgan fingerprint density at radius 1 is 1.48 bits per heavy atom. The van der Waals surface area contributed by atoms with Crippen LogP contribution in [0.5, 0.6) is 0 Å². The molecule has 7 nitrogen and oxygen atoms in total. The van der Waals surface area contributed by atoms with Crippen molar-refractivity contribution in [1.29, 1.82) is 0 Å². The van der Waals surface area contributed by atoms with Gasteiger partial charge in [0, 0.05) is 30.8 Å². The summed E-state index contributed by atoms with van der Waals surface area (Å²) < 4.78 is 0. The van der Waals surface area contributed by atoms with E-state index in [0.717, 1.165) is 12.0 Å². The van der Waals surface area contributed by atoms with Crippen LogP contribution in [0.25, 0.3) is 0 Å². The second-order valence-electron chi connectivity index (χ2n) is 5.09. The molecule has 1 aromatic rings. The van der Waals surface area contributed by atoms with Crippen molar-refractivity contribution in [1.82, 2.24) is 0 Å². The molecular formula is C14H19N3O4. The zero-order valence-electron chi connectivity index (χ0n) is 11.9. The minimum absolute atomic E-state index is 0.00119. The van der Waals surface area contributed by atoms with E-state index in [1.165, 1.54) is 6.07 Å². The van der Waals surface area contributed by atoms with Crippen LogP contribution in [-0.4, -0.2) is 28.6 Å². The number of carbonyl (C=O) groups is 1. The van der Waals surface area contributed by atoms with Gasteiger partial charge in [0.1, 0.15) is 5.69 Å². The number of anilines is 2. The summed E-state index contributed by atoms with van der Waals surface area (Å²) in [6.45, 7) is 1.96. The smallest absolute Gasteiger partial charge is 0.292 e. The number of nitrogens with one attached hydrogen (secondary N) is 2. The number of aliphatic hydroxyl groups excluding tert-OH is 1. The first-order chi connectivity index (χ1) is 10.0. The molecule has 1 amide bonds. The molecule has 0 saturated carbocycles. The maximum absolute atomic E-state index is 11.4. The lowest BCUT2D eigenvalue weighted by Crippen LogP contribution is -2.22. The number of carbonyl (C=O) groups excluding carboxylic acids is 1. The summed E-state index contributed by atoms with van der Waals surface area (Å²) in [5.74, 6) is -0.0790. The molecular weight excluding hydrogens is 274 g/mol. The maximum Gasteiger partial charge on any atom is 0.292 e. The van der Waals surface area contributed by atoms with Crippen molar-refractivity contribution in [3.63, 3.8) is 0 Å². The van der Waals surface area contributed by atoms with Gasteiger partial charge in [-0.2, -0.15) is 0 Å². The largest absolute Gasteiger partial charge is 0.396 e. The maximum atomic E-state index is 11.4. The Balaban J connectivity index is 2.35. The van der Waals surface area contributed by atoms with E-state index in [1.807, 2.05) is 6.92 Å². The molecule has 3 N–H and O–H groups in total. The molecule has 2 rings (SSSR count). The molecule has 0 fully saturated rings. The van der Waals surface area contributed by atoms with Crippen molar-refractivity contribution in [2.75, 3.05) is 17.2 Å². The van der Waals surface area contributed by atoms with Crippen LogP contribution in [0.2, 0.25) is 0 Å². The third-order valence-corrected chi connectivity index (χ3v) is 3.64. The van der Waals surface area contributed by atoms with E-state index in [2.05, 4.69) is 10.6 Å². The van der Waals surface area contributed by atoms with Crippen molar-refractivity contribution >= 4 is 23.0 Å². The molecule has 0 radical (unpaired) electrons. The molecule has 0 aromatic heterocycles. The molecule has 0 bridgehead atoms. The van der Waals surface area contributed by atoms with Crippen LogP contribution in [-0.2, 0) is 11.2 Å². The number of aliphatic hydroxyl groups is 1. The first-order valence-corrected chi connectivity index (χ1v) is 7.03. The number of nitrogens with zero attached hydrogens (tertiary/aromatic N) is 1. The number of hydrogen-bond acceptors (Lipinski definition) is 5. The van der Waals surface area contributed by atoms with Gasteiger partial charge in [0.15, 0.2) is 0 Å². The fourth-order valence-corrected chi connectivity index (χ4v) is 2.44. The van der Waals surface area contributed by atoms with E-state index in [4.69, 9.17) is 5.11 Å². The summed E-state index contributed by atoms with van der Waals surface area (Å²) in [7, 11) is 0. The lowest BCUT2D eigenvalue weighted by Gasteiger charge is -2.21. The molecule has 7 heteroatoms. The highest BCUT2D eigenvalue weighted by molar-refractivity contribution is 5.95. The normalized spacial score (nSPS) is 15.0. The molecule has 1 unspecified atom stereocenters. The fraction of sp³-hybridized carbons (Fsp3) is 0.500. The summed E-state index contributed by atoms with van der Waals surface area (Å²) in [6, 6.07) is 3.08. The predicted molar refractivity (Wildman–Crippen MR) is 79.5 cm³/mol. The monoisotopic (exact) mass is 293 g/mol. The van der Waals surface area contributed by atoms with Gasteiger partial charge in [0.2, 0.25) is 5.91 Å². The Morgan fingerprint density at radius 2 is 2.24 bits per heavy atom. The molecule has 0 spiro atoms. The summed E-state index contributed by atoms with van der Waals surface area (Å²) >= 11 is 0. The Kier molecular flexibility index (Phi) is 4.74. The number of hydrogen-bond donors (Lipinski definition) is 3. The Hall–Kier alpha value is -2.15. The number of nitro groups is 1. The lowest BCUT2D eigenvalue weighted by molar-refractivity contribution is -0.384. The predicted octanol–water partition coefficient (Wildman–Crippen LogP) is 2.05. The summed E-state index contributed by atoms with van der Waals surface area (Å²) in [4.78, 5) is 22.2. The van der Waals surface area contributed by atoms with Gasteiger partial charge in [-0.3, -0.25) is 14.9 Å². The van der Waals surface area contributed by atoms with Crippen molar-refractivity contribution in [3.8, 4) is 0 Å². The molecule has 1 atom stereocenters. The highest BCUT2D eigenvalue weighted by atomic mass is 16.6. The molecule has 0 aliphatic carbocycles. The van der Waals surface area contributed by atoms with Crippen LogP contribution in [0.4, 0.5) is 17.1 Å². The van der Waals surface area contributed by atoms with Gasteiger partial charge < -0.3 is 15.7 Å². The topological polar surface area (TPSA) is 104 Å². The highest BCUT2D eigenvalue weighted by Gasteiger charge is 2.23. The van der Waals surface area contributed by atoms with Gasteiger partial charge in [-0.25, -0.2) is 0 Å². The van der Waals surface area contributed by atoms with Crippen LogP contribution in [0.1, 0.15) is 31.7 Å². The number of rotatable bonds is 6. The summed E-state index contributed by atoms with van der Waals surface area (Å²) in [5, 5.41) is 26.1. The zero-order chi connectivity index (χ0) is 15.4. The quantitative estimate of drug-likeness (QED) is 0.550. The third-order valence-electron chi connectivity index (χ3n) is 3.64. The molecule has 1 aromatic carbocycles. The van der Waals surface area contributed by atoms with E-state index in [1.54, 1.807) is 6.07 Å². The second-order valence-corrected chi connectivity index (χ2v) is 5.09. The lowest BCUT2D eigenvalue weighted by atomic mass is 10.0. The summed E-state index contributed by atoms with van der Waals surface area (Å²) in [6.07, 6.45) is 2.10. The van der Waals surface area contributed by atoms with Gasteiger partial charge >= 0.3 is 0 Å². The van der Waals surface area contributed by atoms with E-state index >= 15 is 0 Å². The fourth-order valence-electron chi connectivity index (χ4n) is 2.44. The highest BCUT2D eigenvalue weighted by Crippen LogP contribution is 2.34. The van der Waals surface area contributed by atoms with Crippen LogP contribution < -0.4 is 10.6 Å². The van der Waals surface area contributed by atoms with Crippen LogP contribution >= 0.6 is 0 Å². The van der Waals surface area contributed by atoms with Crippen LogP contribution in [0, 0.1) is 10.1 Å². The van der Waals surface area contributed by atoms with Gasteiger partial charge in [-0.15, -0.1) is 0 Å². The first kappa shape index (κ1) is 15.2. The Morgan fingerprint density at radius 3 is 2.86 bits per heavy atom. The number of aryl methyl sites for hydroxylation is 1. The average Bonchev–Trinajstić information content (AvgIpc) is 2.45. The number of fused-ring (bicyclic) bond motifs is 1. The zero-order valence-corrected chi connectivity index (χ0v) is 11.9. The van der Waals surface area contributed by atoms with Gasteiger partial charge in [0.25, 0.3) is 5.69 Å². The van der Waals surface area contributed by atoms with E-state index in [-0.39, 0.29) is 24.2 Å². The average molecular weight is 293 g/mol. The first-order valence-electron chi connectivity index (χ1n) is 7.03. The minimum Gasteiger partial charge on any atom is -0.396 e. The van der Waals surface area contributed by atoms with Crippen molar-refractivity contribution in [3.05, 3.63) is 27.8 Å². The molecule has 1 aliphatic heterocycles. The van der Waals surface area contributed by atoms with Crippen molar-refractivity contribution < 1.29 is 14.8 Å². The Bertz CT molecular complexity index is 559. The molecule has 0 saturated heterocycles. The summed E-state index contributed by atoms with van der Waals surface area (Å²) in [5.41, 5.74) is 1.78. The Labute approximate surface area is 122 Å². The van der Waals surface area contributed by atoms with E-state index < -0.39 is 4.92 Å². The SMILES string of the molecule is CCC(CCO)Nc1cc2c(cc1[N+](=O)[O-])CCC(=O)N2. The molecule has 1 heterocycles. The molecule has 114 valence electrons. The van der Waals surface area contributed by atoms with E-state index in [9.17, 15) is 14.9 Å². The minimum atomic E-state index is -0.426. The van der Waals surface area contributed by atoms with Gasteiger partial charge in [-0.05, 0) is 30.9 Å². The molecule has 21 heavy (non-hydrogen) atoms. The standard InChI is InChI=1S/C14H19N3O4/c1-2-10(5-6-18)15-12-8-11-9(3-4-14(19)16-11)7-13(12)17(20)21/h7-8,10,15,18H,2-6H2,1H3,(H,16,19). The van der Waals surface area contributed by atoms with Crippen molar-refractivity contribution in [2.24, 2.45) is 0 Å². The second kappa shape index (κ2) is 6.53. The van der Waals surface area contributed by atoms with Crippen molar-refractivity contribution in [2.45, 2.75) is 38.6 Å². The molecule has 1 aliphatic rings. The van der Waals surface area contributed by atoms with E-state index in [0.29, 0.717) is 30.6 Å². The van der Waals surface area contributed by atoms with Crippen LogP contribution in [0.15, 0.2) is 12.1 Å².